The number of halogens is 1. The minimum atomic E-state index is 0.110. The summed E-state index contributed by atoms with van der Waals surface area (Å²) >= 11 is 5.70. The van der Waals surface area contributed by atoms with Gasteiger partial charge in [0, 0.05) is 0 Å². The van der Waals surface area contributed by atoms with Crippen molar-refractivity contribution in [2.24, 2.45) is 0 Å². The molecule has 0 aliphatic rings. The molecule has 0 radical (unpaired) electrons. The van der Waals surface area contributed by atoms with Crippen LogP contribution in [0.25, 0.3) is 0 Å². The Morgan fingerprint density at radius 1 is 1.18 bits per heavy atom. The van der Waals surface area contributed by atoms with Crippen LogP contribution >= 0.6 is 11.6 Å². The van der Waals surface area contributed by atoms with E-state index in [9.17, 15) is 0 Å². The first-order valence-electron chi connectivity index (χ1n) is 3.78. The van der Waals surface area contributed by atoms with Crippen LogP contribution in [0.4, 0.5) is 0 Å². The molecule has 0 saturated carbocycles. The van der Waals surface area contributed by atoms with Gasteiger partial charge in [0.15, 0.2) is 0 Å². The summed E-state index contributed by atoms with van der Waals surface area (Å²) in [4.78, 5) is 0. The summed E-state index contributed by atoms with van der Waals surface area (Å²) < 4.78 is 1.54. The van der Waals surface area contributed by atoms with Crippen LogP contribution in [0.5, 0.6) is 0 Å². The van der Waals surface area contributed by atoms with Crippen molar-refractivity contribution in [3.8, 4) is 0 Å². The molecule has 1 aromatic rings. The molecule has 0 saturated heterocycles. The first kappa shape index (κ1) is 9.16. The normalized spacial score (nSPS) is 11.0. The predicted molar refractivity (Wildman–Crippen MR) is 53.4 cm³/mol. The van der Waals surface area contributed by atoms with Crippen LogP contribution < -0.4 is 4.35 Å². The van der Waals surface area contributed by atoms with E-state index >= 15 is 0 Å². The average Bonchev–Trinajstić information content (AvgIpc) is 2.07. The Balaban J connectivity index is 2.28. The Morgan fingerprint density at radius 3 is 2.55 bits per heavy atom. The maximum absolute atomic E-state index is 5.59. The molecule has 0 N–H and O–H groups in total. The van der Waals surface area contributed by atoms with E-state index in [1.54, 1.807) is 0 Å². The van der Waals surface area contributed by atoms with Crippen LogP contribution in [0.1, 0.15) is 6.42 Å². The molecule has 1 rings (SSSR count). The molecule has 0 heterocycles. The Bertz CT molecular complexity index is 186. The van der Waals surface area contributed by atoms with Crippen molar-refractivity contribution in [2.75, 3.05) is 5.88 Å². The van der Waals surface area contributed by atoms with Crippen molar-refractivity contribution < 1.29 is 0 Å². The molecular weight excluding hydrogens is 218 g/mol. The zero-order chi connectivity index (χ0) is 7.94. The van der Waals surface area contributed by atoms with Crippen LogP contribution in [0.3, 0.4) is 0 Å². The van der Waals surface area contributed by atoms with Gasteiger partial charge in [0.25, 0.3) is 0 Å². The van der Waals surface area contributed by atoms with Gasteiger partial charge in [0.2, 0.25) is 0 Å². The van der Waals surface area contributed by atoms with E-state index in [4.69, 9.17) is 11.6 Å². The Morgan fingerprint density at radius 2 is 1.91 bits per heavy atom. The van der Waals surface area contributed by atoms with E-state index in [1.807, 2.05) is 0 Å². The van der Waals surface area contributed by atoms with Gasteiger partial charge >= 0.3 is 79.5 Å². The fourth-order valence-electron chi connectivity index (χ4n) is 0.856. The van der Waals surface area contributed by atoms with Crippen molar-refractivity contribution in [1.29, 1.82) is 0 Å². The first-order valence-corrected chi connectivity index (χ1v) is 6.85. The molecule has 0 aromatic heterocycles. The van der Waals surface area contributed by atoms with E-state index in [1.165, 1.54) is 16.0 Å². The van der Waals surface area contributed by atoms with E-state index in [-0.39, 0.29) is 15.8 Å². The molecule has 0 aliphatic carbocycles. The summed E-state index contributed by atoms with van der Waals surface area (Å²) in [5.41, 5.74) is 0. The molecule has 2 heteroatoms. The number of hydrogen-bond acceptors (Lipinski definition) is 0. The van der Waals surface area contributed by atoms with Crippen LogP contribution in [0.2, 0.25) is 5.21 Å². The molecule has 1 aromatic carbocycles. The summed E-state index contributed by atoms with van der Waals surface area (Å²) in [6.45, 7) is 0. The molecule has 0 aliphatic heterocycles. The molecule has 0 spiro atoms. The number of hydrogen-bond donors (Lipinski definition) is 0. The summed E-state index contributed by atoms with van der Waals surface area (Å²) in [7, 11) is 0. The fourth-order valence-corrected chi connectivity index (χ4v) is 3.71. The molecular formula is C9H12AsCl. The van der Waals surface area contributed by atoms with E-state index in [0.717, 1.165) is 5.88 Å². The van der Waals surface area contributed by atoms with E-state index in [2.05, 4.69) is 30.3 Å². The van der Waals surface area contributed by atoms with Gasteiger partial charge < -0.3 is 0 Å². The molecule has 60 valence electrons. The fraction of sp³-hybridized carbons (Fsp3) is 0.333. The average molecular weight is 231 g/mol. The van der Waals surface area contributed by atoms with Gasteiger partial charge in [0.1, 0.15) is 0 Å². The van der Waals surface area contributed by atoms with Gasteiger partial charge in [-0.2, -0.15) is 0 Å². The molecule has 1 unspecified atom stereocenters. The summed E-state index contributed by atoms with van der Waals surface area (Å²) in [5.74, 6) is 0.816. The third-order valence-corrected chi connectivity index (χ3v) is 4.50. The molecule has 11 heavy (non-hydrogen) atoms. The van der Waals surface area contributed by atoms with Gasteiger partial charge in [-0.1, -0.05) is 0 Å². The zero-order valence-electron chi connectivity index (χ0n) is 6.39. The Labute approximate surface area is 79.6 Å². The molecule has 0 fully saturated rings. The summed E-state index contributed by atoms with van der Waals surface area (Å²) in [5, 5.41) is 1.33. The molecule has 0 nitrogen and oxygen atoms in total. The Hall–Kier alpha value is 0.0684. The molecule has 0 bridgehead atoms. The predicted octanol–water partition coefficient (Wildman–Crippen LogP) is 1.80. The van der Waals surface area contributed by atoms with Gasteiger partial charge in [-0.25, -0.2) is 0 Å². The summed E-state index contributed by atoms with van der Waals surface area (Å²) in [6.07, 6.45) is 1.18. The number of alkyl halides is 1. The van der Waals surface area contributed by atoms with Gasteiger partial charge in [-0.3, -0.25) is 0 Å². The van der Waals surface area contributed by atoms with E-state index < -0.39 is 0 Å². The minimum absolute atomic E-state index is 0.110. The summed E-state index contributed by atoms with van der Waals surface area (Å²) in [6, 6.07) is 10.7. The third kappa shape index (κ3) is 3.84. The molecule has 1 atom stereocenters. The van der Waals surface area contributed by atoms with Crippen molar-refractivity contribution in [3.05, 3.63) is 30.3 Å². The standard InChI is InChI=1S/C9H12AsCl/c11-8-4-7-10-9-5-2-1-3-6-9/h1-3,5-6,10H,4,7-8H2. The monoisotopic (exact) mass is 230 g/mol. The second kappa shape index (κ2) is 5.68. The third-order valence-electron chi connectivity index (χ3n) is 1.41. The van der Waals surface area contributed by atoms with Crippen molar-refractivity contribution in [2.45, 2.75) is 11.6 Å². The van der Waals surface area contributed by atoms with Crippen molar-refractivity contribution >= 4 is 31.7 Å². The molecule has 0 amide bonds. The maximum atomic E-state index is 5.59. The Kier molecular flexibility index (Phi) is 4.73. The van der Waals surface area contributed by atoms with Crippen LogP contribution in [-0.4, -0.2) is 21.6 Å². The second-order valence-electron chi connectivity index (χ2n) is 2.34. The SMILES string of the molecule is ClCCC[AsH]c1ccccc1. The number of benzene rings is 1. The second-order valence-corrected chi connectivity index (χ2v) is 5.72. The van der Waals surface area contributed by atoms with Crippen LogP contribution in [0.15, 0.2) is 30.3 Å². The van der Waals surface area contributed by atoms with Gasteiger partial charge in [0.05, 0.1) is 0 Å². The van der Waals surface area contributed by atoms with E-state index in [0.29, 0.717) is 0 Å². The topological polar surface area (TPSA) is 0 Å². The zero-order valence-corrected chi connectivity index (χ0v) is 9.24. The van der Waals surface area contributed by atoms with Crippen LogP contribution in [-0.2, 0) is 0 Å². The van der Waals surface area contributed by atoms with Crippen molar-refractivity contribution in [3.63, 3.8) is 0 Å². The van der Waals surface area contributed by atoms with Crippen LogP contribution in [0, 0.1) is 0 Å². The van der Waals surface area contributed by atoms with Crippen molar-refractivity contribution in [1.82, 2.24) is 0 Å². The number of rotatable bonds is 4. The van der Waals surface area contributed by atoms with Gasteiger partial charge in [-0.05, 0) is 0 Å². The van der Waals surface area contributed by atoms with Gasteiger partial charge in [-0.15, -0.1) is 0 Å². The first-order chi connectivity index (χ1) is 5.43. The quantitative estimate of drug-likeness (QED) is 0.420.